The third-order valence-electron chi connectivity index (χ3n) is 3.65. The van der Waals surface area contributed by atoms with E-state index in [1.807, 2.05) is 0 Å². The van der Waals surface area contributed by atoms with Crippen LogP contribution in [0.5, 0.6) is 0 Å². The topological polar surface area (TPSA) is 140 Å². The predicted molar refractivity (Wildman–Crippen MR) is 67.4 cm³/mol. The SMILES string of the molecule is C[C@@H]1O[C@@](CO)(n2cnc3c(N)ncnc32)[C@@H](O)[C@@H]1O. The minimum Gasteiger partial charge on any atom is -0.391 e. The first kappa shape index (κ1) is 13.2. The normalized spacial score (nSPS) is 33.9. The highest BCUT2D eigenvalue weighted by atomic mass is 16.6. The molecule has 3 heterocycles. The fraction of sp³-hybridized carbons (Fsp3) is 0.545. The second kappa shape index (κ2) is 4.35. The van der Waals surface area contributed by atoms with Crippen LogP contribution in [0.4, 0.5) is 5.82 Å². The van der Waals surface area contributed by atoms with Gasteiger partial charge in [0.05, 0.1) is 19.0 Å². The van der Waals surface area contributed by atoms with Crippen molar-refractivity contribution in [3.05, 3.63) is 12.7 Å². The van der Waals surface area contributed by atoms with Gasteiger partial charge in [0.1, 0.15) is 24.1 Å². The van der Waals surface area contributed by atoms with Gasteiger partial charge in [-0.2, -0.15) is 0 Å². The zero-order valence-corrected chi connectivity index (χ0v) is 10.7. The van der Waals surface area contributed by atoms with Crippen LogP contribution in [0.1, 0.15) is 6.92 Å². The zero-order chi connectivity index (χ0) is 14.5. The number of nitrogens with two attached hydrogens (primary N) is 1. The third kappa shape index (κ3) is 1.54. The summed E-state index contributed by atoms with van der Waals surface area (Å²) >= 11 is 0. The summed E-state index contributed by atoms with van der Waals surface area (Å²) in [6.45, 7) is 1.05. The van der Waals surface area contributed by atoms with E-state index in [0.717, 1.165) is 0 Å². The summed E-state index contributed by atoms with van der Waals surface area (Å²) in [5, 5.41) is 29.8. The van der Waals surface area contributed by atoms with Crippen molar-refractivity contribution in [3.63, 3.8) is 0 Å². The van der Waals surface area contributed by atoms with Crippen molar-refractivity contribution in [1.82, 2.24) is 19.5 Å². The van der Waals surface area contributed by atoms with Crippen LogP contribution in [0.3, 0.4) is 0 Å². The molecule has 20 heavy (non-hydrogen) atoms. The monoisotopic (exact) mass is 281 g/mol. The van der Waals surface area contributed by atoms with Crippen LogP contribution in [-0.2, 0) is 10.5 Å². The molecule has 1 aliphatic heterocycles. The highest BCUT2D eigenvalue weighted by molar-refractivity contribution is 5.81. The number of hydrogen-bond acceptors (Lipinski definition) is 8. The van der Waals surface area contributed by atoms with Crippen LogP contribution in [0.25, 0.3) is 11.2 Å². The molecule has 9 nitrogen and oxygen atoms in total. The van der Waals surface area contributed by atoms with Crippen molar-refractivity contribution in [2.45, 2.75) is 31.0 Å². The van der Waals surface area contributed by atoms with Gasteiger partial charge in [0, 0.05) is 0 Å². The average Bonchev–Trinajstić information content (AvgIpc) is 2.96. The Labute approximate surface area is 113 Å². The average molecular weight is 281 g/mol. The quantitative estimate of drug-likeness (QED) is 0.505. The molecule has 2 aromatic rings. The van der Waals surface area contributed by atoms with Crippen LogP contribution in [0.15, 0.2) is 12.7 Å². The lowest BCUT2D eigenvalue weighted by molar-refractivity contribution is -0.162. The molecule has 0 aromatic carbocycles. The highest BCUT2D eigenvalue weighted by Gasteiger charge is 2.54. The number of aromatic nitrogens is 4. The number of rotatable bonds is 2. The zero-order valence-electron chi connectivity index (χ0n) is 10.7. The van der Waals surface area contributed by atoms with Crippen molar-refractivity contribution in [2.24, 2.45) is 0 Å². The summed E-state index contributed by atoms with van der Waals surface area (Å²) < 4.78 is 6.96. The molecule has 2 aromatic heterocycles. The number of fused-ring (bicyclic) bond motifs is 1. The molecule has 0 radical (unpaired) electrons. The van der Waals surface area contributed by atoms with Crippen molar-refractivity contribution in [3.8, 4) is 0 Å². The molecular formula is C11H15N5O4. The lowest BCUT2D eigenvalue weighted by Crippen LogP contribution is -2.48. The van der Waals surface area contributed by atoms with Crippen molar-refractivity contribution < 1.29 is 20.1 Å². The van der Waals surface area contributed by atoms with Crippen molar-refractivity contribution >= 4 is 17.0 Å². The number of ether oxygens (including phenoxy) is 1. The van der Waals surface area contributed by atoms with Crippen molar-refractivity contribution in [1.29, 1.82) is 0 Å². The Morgan fingerprint density at radius 3 is 2.75 bits per heavy atom. The van der Waals surface area contributed by atoms with Gasteiger partial charge in [0.25, 0.3) is 0 Å². The lowest BCUT2D eigenvalue weighted by Gasteiger charge is -2.31. The summed E-state index contributed by atoms with van der Waals surface area (Å²) in [5.41, 5.74) is 4.80. The standard InChI is InChI=1S/C11H15N5O4/c1-5-7(18)8(19)11(2-17,20-5)16-4-15-6-9(12)13-3-14-10(6)16/h3-5,7-8,17-19H,2H2,1H3,(H2,12,13,14)/t5-,7+,8-,11+/m0/s1. The number of hydrogen-bond donors (Lipinski definition) is 4. The van der Waals surface area contributed by atoms with Gasteiger partial charge in [-0.1, -0.05) is 0 Å². The van der Waals surface area contributed by atoms with Crippen LogP contribution in [0, 0.1) is 0 Å². The first-order chi connectivity index (χ1) is 9.51. The number of nitrogen functional groups attached to an aromatic ring is 1. The number of imidazole rings is 1. The molecule has 3 rings (SSSR count). The maximum Gasteiger partial charge on any atom is 0.199 e. The minimum absolute atomic E-state index is 0.183. The molecule has 1 fully saturated rings. The Hall–Kier alpha value is -1.81. The Morgan fingerprint density at radius 2 is 2.15 bits per heavy atom. The fourth-order valence-electron chi connectivity index (χ4n) is 2.52. The predicted octanol–water partition coefficient (Wildman–Crippen LogP) is -1.81. The summed E-state index contributed by atoms with van der Waals surface area (Å²) in [6.07, 6.45) is -0.495. The Kier molecular flexibility index (Phi) is 2.87. The van der Waals surface area contributed by atoms with Crippen molar-refractivity contribution in [2.75, 3.05) is 12.3 Å². The molecule has 108 valence electrons. The van der Waals surface area contributed by atoms with E-state index in [-0.39, 0.29) is 5.82 Å². The molecule has 0 unspecified atom stereocenters. The smallest absolute Gasteiger partial charge is 0.199 e. The van der Waals surface area contributed by atoms with E-state index in [1.165, 1.54) is 17.2 Å². The second-order valence-corrected chi connectivity index (χ2v) is 4.81. The first-order valence-electron chi connectivity index (χ1n) is 6.10. The molecule has 9 heteroatoms. The number of aliphatic hydroxyl groups excluding tert-OH is 3. The third-order valence-corrected chi connectivity index (χ3v) is 3.65. The Balaban J connectivity index is 2.20. The lowest BCUT2D eigenvalue weighted by atomic mass is 10.0. The second-order valence-electron chi connectivity index (χ2n) is 4.81. The highest BCUT2D eigenvalue weighted by Crippen LogP contribution is 2.37. The van der Waals surface area contributed by atoms with Crippen LogP contribution >= 0.6 is 0 Å². The summed E-state index contributed by atoms with van der Waals surface area (Å²) in [5.74, 6) is 0.183. The fourth-order valence-corrected chi connectivity index (χ4v) is 2.52. The largest absolute Gasteiger partial charge is 0.391 e. The van der Waals surface area contributed by atoms with Crippen LogP contribution in [-0.4, -0.2) is 59.8 Å². The van der Waals surface area contributed by atoms with E-state index < -0.39 is 30.6 Å². The number of anilines is 1. The van der Waals surface area contributed by atoms with Gasteiger partial charge < -0.3 is 25.8 Å². The van der Waals surface area contributed by atoms with E-state index in [0.29, 0.717) is 11.2 Å². The van der Waals surface area contributed by atoms with E-state index in [4.69, 9.17) is 10.5 Å². The molecule has 1 saturated heterocycles. The molecule has 0 saturated carbocycles. The van der Waals surface area contributed by atoms with Gasteiger partial charge in [0.2, 0.25) is 0 Å². The number of aliphatic hydroxyl groups is 3. The van der Waals surface area contributed by atoms with Gasteiger partial charge in [0.15, 0.2) is 17.2 Å². The molecule has 0 spiro atoms. The first-order valence-corrected chi connectivity index (χ1v) is 6.10. The Morgan fingerprint density at radius 1 is 1.40 bits per heavy atom. The van der Waals surface area contributed by atoms with Crippen LogP contribution in [0.2, 0.25) is 0 Å². The molecule has 0 aliphatic carbocycles. The van der Waals surface area contributed by atoms with Gasteiger partial charge in [-0.05, 0) is 6.92 Å². The van der Waals surface area contributed by atoms with E-state index in [2.05, 4.69) is 15.0 Å². The maximum atomic E-state index is 10.2. The van der Waals surface area contributed by atoms with Gasteiger partial charge in [-0.15, -0.1) is 0 Å². The summed E-state index contributed by atoms with van der Waals surface area (Å²) in [4.78, 5) is 11.9. The Bertz CT molecular complexity index is 647. The maximum absolute atomic E-state index is 10.2. The molecular weight excluding hydrogens is 266 g/mol. The summed E-state index contributed by atoms with van der Waals surface area (Å²) in [6, 6.07) is 0. The molecule has 5 N–H and O–H groups in total. The molecule has 1 aliphatic rings. The van der Waals surface area contributed by atoms with E-state index in [1.54, 1.807) is 6.92 Å². The van der Waals surface area contributed by atoms with Gasteiger partial charge in [-0.25, -0.2) is 15.0 Å². The summed E-state index contributed by atoms with van der Waals surface area (Å²) in [7, 11) is 0. The molecule has 0 bridgehead atoms. The van der Waals surface area contributed by atoms with Gasteiger partial charge >= 0.3 is 0 Å². The molecule has 0 amide bonds. The molecule has 4 atom stereocenters. The minimum atomic E-state index is -1.55. The number of nitrogens with zero attached hydrogens (tertiary/aromatic N) is 4. The van der Waals surface area contributed by atoms with Crippen LogP contribution < -0.4 is 5.73 Å². The van der Waals surface area contributed by atoms with E-state index in [9.17, 15) is 15.3 Å². The van der Waals surface area contributed by atoms with E-state index >= 15 is 0 Å². The van der Waals surface area contributed by atoms with Gasteiger partial charge in [-0.3, -0.25) is 4.57 Å².